The lowest BCUT2D eigenvalue weighted by molar-refractivity contribution is 0.0951. The molecule has 2 aromatic heterocycles. The van der Waals surface area contributed by atoms with Crippen LogP contribution in [0.3, 0.4) is 0 Å². The first-order valence-corrected chi connectivity index (χ1v) is 10.5. The molecule has 0 unspecified atom stereocenters. The van der Waals surface area contributed by atoms with Gasteiger partial charge in [0.25, 0.3) is 5.91 Å². The van der Waals surface area contributed by atoms with Gasteiger partial charge in [-0.15, -0.1) is 0 Å². The summed E-state index contributed by atoms with van der Waals surface area (Å²) in [5.74, 6) is 1.39. The van der Waals surface area contributed by atoms with Gasteiger partial charge in [0.1, 0.15) is 5.52 Å². The van der Waals surface area contributed by atoms with E-state index in [4.69, 9.17) is 9.97 Å². The molecule has 0 radical (unpaired) electrons. The molecule has 1 amide bonds. The van der Waals surface area contributed by atoms with Crippen molar-refractivity contribution in [3.8, 4) is 11.4 Å². The number of carbonyl (C=O) groups is 1. The van der Waals surface area contributed by atoms with Crippen molar-refractivity contribution in [2.45, 2.75) is 32.7 Å². The average Bonchev–Trinajstić information content (AvgIpc) is 3.41. The normalized spacial score (nSPS) is 13.8. The van der Waals surface area contributed by atoms with E-state index >= 15 is 0 Å². The molecule has 3 aromatic rings. The van der Waals surface area contributed by atoms with E-state index in [-0.39, 0.29) is 5.91 Å². The number of fused-ring (bicyclic) bond motifs is 1. The van der Waals surface area contributed by atoms with E-state index < -0.39 is 0 Å². The third-order valence-electron chi connectivity index (χ3n) is 5.42. The first kappa shape index (κ1) is 20.3. The van der Waals surface area contributed by atoms with Crippen molar-refractivity contribution < 1.29 is 4.79 Å². The molecule has 0 aliphatic heterocycles. The number of imidazole rings is 1. The number of amides is 1. The van der Waals surface area contributed by atoms with Crippen LogP contribution in [0.25, 0.3) is 22.6 Å². The molecule has 8 nitrogen and oxygen atoms in total. The van der Waals surface area contributed by atoms with Gasteiger partial charge in [-0.2, -0.15) is 0 Å². The number of aryl methyl sites for hydroxylation is 1. The van der Waals surface area contributed by atoms with Gasteiger partial charge in [0.2, 0.25) is 0 Å². The second-order valence-electron chi connectivity index (χ2n) is 8.13. The lowest BCUT2D eigenvalue weighted by Crippen LogP contribution is -2.32. The quantitative estimate of drug-likeness (QED) is 0.597. The van der Waals surface area contributed by atoms with Gasteiger partial charge in [0.15, 0.2) is 17.3 Å². The molecule has 1 aliphatic rings. The van der Waals surface area contributed by atoms with Gasteiger partial charge < -0.3 is 20.1 Å². The molecule has 1 saturated carbocycles. The maximum atomic E-state index is 12.5. The van der Waals surface area contributed by atoms with Crippen molar-refractivity contribution in [2.24, 2.45) is 0 Å². The summed E-state index contributed by atoms with van der Waals surface area (Å²) in [5.41, 5.74) is 3.98. The number of nitrogens with zero attached hydrogens (tertiary/aromatic N) is 5. The molecule has 2 heterocycles. The van der Waals surface area contributed by atoms with Crippen molar-refractivity contribution in [3.05, 3.63) is 35.7 Å². The highest BCUT2D eigenvalue weighted by molar-refractivity contribution is 5.96. The van der Waals surface area contributed by atoms with Crippen molar-refractivity contribution in [2.75, 3.05) is 38.6 Å². The number of hydrogen-bond acceptors (Lipinski definition) is 6. The number of aromatic nitrogens is 4. The standard InChI is InChI=1S/C22H29N7O/c1-5-29(11-10-28(3)4)21-18-20(24-13-23-18)26-19(27-21)17-12-15(7-6-14(17)2)22(30)25-16-8-9-16/h6-7,12-13,16H,5,8-11H2,1-4H3,(H,25,30)(H,23,24,26,27). The van der Waals surface area contributed by atoms with Crippen LogP contribution in [0.5, 0.6) is 0 Å². The molecule has 1 aromatic carbocycles. The van der Waals surface area contributed by atoms with E-state index in [0.717, 1.165) is 54.9 Å². The van der Waals surface area contributed by atoms with E-state index in [1.165, 1.54) is 0 Å². The minimum absolute atomic E-state index is 0.0408. The first-order chi connectivity index (χ1) is 14.5. The number of anilines is 1. The third-order valence-corrected chi connectivity index (χ3v) is 5.42. The summed E-state index contributed by atoms with van der Waals surface area (Å²) in [6.45, 7) is 6.71. The molecule has 2 N–H and O–H groups in total. The minimum atomic E-state index is -0.0408. The highest BCUT2D eigenvalue weighted by Gasteiger charge is 2.24. The smallest absolute Gasteiger partial charge is 0.251 e. The largest absolute Gasteiger partial charge is 0.354 e. The number of nitrogens with one attached hydrogen (secondary N) is 2. The summed E-state index contributed by atoms with van der Waals surface area (Å²) >= 11 is 0. The van der Waals surface area contributed by atoms with Crippen LogP contribution in [0.1, 0.15) is 35.7 Å². The Morgan fingerprint density at radius 1 is 1.23 bits per heavy atom. The number of carbonyl (C=O) groups excluding carboxylic acids is 1. The Balaban J connectivity index is 1.74. The summed E-state index contributed by atoms with van der Waals surface area (Å²) in [6.07, 6.45) is 3.78. The third kappa shape index (κ3) is 4.28. The topological polar surface area (TPSA) is 90.0 Å². The molecule has 4 rings (SSSR count). The Kier molecular flexibility index (Phi) is 5.67. The number of aromatic amines is 1. The lowest BCUT2D eigenvalue weighted by Gasteiger charge is -2.24. The van der Waals surface area contributed by atoms with Crippen molar-refractivity contribution in [1.82, 2.24) is 30.2 Å². The lowest BCUT2D eigenvalue weighted by atomic mass is 10.0. The minimum Gasteiger partial charge on any atom is -0.354 e. The zero-order chi connectivity index (χ0) is 21.3. The fourth-order valence-corrected chi connectivity index (χ4v) is 3.40. The molecule has 1 aliphatic carbocycles. The molecular formula is C22H29N7O. The van der Waals surface area contributed by atoms with E-state index in [2.05, 4.69) is 46.1 Å². The Labute approximate surface area is 176 Å². The Hall–Kier alpha value is -3.00. The molecule has 0 bridgehead atoms. The summed E-state index contributed by atoms with van der Waals surface area (Å²) < 4.78 is 0. The van der Waals surface area contributed by atoms with Crippen LogP contribution in [-0.2, 0) is 0 Å². The van der Waals surface area contributed by atoms with Crippen LogP contribution in [0.15, 0.2) is 24.5 Å². The van der Waals surface area contributed by atoms with E-state index in [1.807, 2.05) is 25.1 Å². The summed E-state index contributed by atoms with van der Waals surface area (Å²) in [7, 11) is 4.12. The molecule has 1 fully saturated rings. The Bertz CT molecular complexity index is 1050. The summed E-state index contributed by atoms with van der Waals surface area (Å²) in [5, 5.41) is 3.05. The predicted molar refractivity (Wildman–Crippen MR) is 119 cm³/mol. The van der Waals surface area contributed by atoms with E-state index in [0.29, 0.717) is 23.1 Å². The molecule has 158 valence electrons. The van der Waals surface area contributed by atoms with Gasteiger partial charge >= 0.3 is 0 Å². The number of benzene rings is 1. The van der Waals surface area contributed by atoms with E-state index in [9.17, 15) is 4.79 Å². The monoisotopic (exact) mass is 407 g/mol. The van der Waals surface area contributed by atoms with Crippen molar-refractivity contribution >= 4 is 22.9 Å². The van der Waals surface area contributed by atoms with Gasteiger partial charge in [-0.1, -0.05) is 6.07 Å². The Morgan fingerprint density at radius 3 is 2.73 bits per heavy atom. The maximum Gasteiger partial charge on any atom is 0.251 e. The average molecular weight is 408 g/mol. The fourth-order valence-electron chi connectivity index (χ4n) is 3.40. The van der Waals surface area contributed by atoms with Crippen LogP contribution in [0.2, 0.25) is 0 Å². The zero-order valence-corrected chi connectivity index (χ0v) is 18.1. The molecule has 0 spiro atoms. The van der Waals surface area contributed by atoms with E-state index in [1.54, 1.807) is 6.33 Å². The van der Waals surface area contributed by atoms with Gasteiger partial charge in [-0.3, -0.25) is 4.79 Å². The Morgan fingerprint density at radius 2 is 2.03 bits per heavy atom. The molecule has 8 heteroatoms. The molecular weight excluding hydrogens is 378 g/mol. The fraction of sp³-hybridized carbons (Fsp3) is 0.455. The van der Waals surface area contributed by atoms with Gasteiger partial charge in [-0.05, 0) is 58.5 Å². The van der Waals surface area contributed by atoms with Crippen LogP contribution in [0.4, 0.5) is 5.82 Å². The molecule has 30 heavy (non-hydrogen) atoms. The highest BCUT2D eigenvalue weighted by atomic mass is 16.1. The second kappa shape index (κ2) is 8.39. The SMILES string of the molecule is CCN(CCN(C)C)c1nc(-c2cc(C(=O)NC3CC3)ccc2C)nc2nc[nH]c12. The van der Waals surface area contributed by atoms with Crippen LogP contribution in [-0.4, -0.2) is 70.5 Å². The predicted octanol–water partition coefficient (Wildman–Crippen LogP) is 2.61. The highest BCUT2D eigenvalue weighted by Crippen LogP contribution is 2.28. The second-order valence-corrected chi connectivity index (χ2v) is 8.13. The van der Waals surface area contributed by atoms with Crippen LogP contribution < -0.4 is 10.2 Å². The number of rotatable bonds is 8. The number of H-pyrrole nitrogens is 1. The van der Waals surface area contributed by atoms with Crippen LogP contribution >= 0.6 is 0 Å². The van der Waals surface area contributed by atoms with Gasteiger partial charge in [0, 0.05) is 36.8 Å². The van der Waals surface area contributed by atoms with Crippen molar-refractivity contribution in [1.29, 1.82) is 0 Å². The zero-order valence-electron chi connectivity index (χ0n) is 18.1. The number of likely N-dealkylation sites (N-methyl/N-ethyl adjacent to an activating group) is 2. The first-order valence-electron chi connectivity index (χ1n) is 10.5. The van der Waals surface area contributed by atoms with Gasteiger partial charge in [-0.25, -0.2) is 15.0 Å². The molecule has 0 saturated heterocycles. The van der Waals surface area contributed by atoms with Gasteiger partial charge in [0.05, 0.1) is 6.33 Å². The maximum absolute atomic E-state index is 12.5. The summed E-state index contributed by atoms with van der Waals surface area (Å²) in [6, 6.07) is 6.03. The number of hydrogen-bond donors (Lipinski definition) is 2. The summed E-state index contributed by atoms with van der Waals surface area (Å²) in [4.78, 5) is 34.1. The van der Waals surface area contributed by atoms with Crippen LogP contribution in [0, 0.1) is 6.92 Å². The molecule has 0 atom stereocenters. The van der Waals surface area contributed by atoms with Crippen molar-refractivity contribution in [3.63, 3.8) is 0 Å².